The van der Waals surface area contributed by atoms with Gasteiger partial charge in [0.15, 0.2) is 0 Å². The number of carbonyl (C=O) groups is 1. The number of hydrogen-bond donors (Lipinski definition) is 1. The monoisotopic (exact) mass is 278 g/mol. The Labute approximate surface area is 109 Å². The Kier molecular flexibility index (Phi) is 5.18. The Morgan fingerprint density at radius 3 is 2.53 bits per heavy atom. The van der Waals surface area contributed by atoms with Crippen LogP contribution in [0.15, 0.2) is 0 Å². The molecule has 1 rings (SSSR count). The summed E-state index contributed by atoms with van der Waals surface area (Å²) in [6.07, 6.45) is -1.77. The number of halogens is 3. The molecule has 0 aromatic heterocycles. The van der Waals surface area contributed by atoms with E-state index >= 15 is 0 Å². The van der Waals surface area contributed by atoms with Gasteiger partial charge in [-0.15, -0.1) is 0 Å². The standard InChI is InChI=1S/C12H17F3N2O2/c1-9-2-4-11(7-16,5-3-9)17-10(18)6-19-8-12(13,14)15/h9H,2-6,8H2,1H3,(H,17,18). The molecule has 1 fully saturated rings. The first kappa shape index (κ1) is 15.8. The minimum Gasteiger partial charge on any atom is -0.362 e. The van der Waals surface area contributed by atoms with E-state index in [1.807, 2.05) is 0 Å². The third-order valence-corrected chi connectivity index (χ3v) is 3.22. The molecule has 1 saturated carbocycles. The van der Waals surface area contributed by atoms with Crippen LogP contribution in [0.5, 0.6) is 0 Å². The second kappa shape index (κ2) is 6.24. The van der Waals surface area contributed by atoms with Crippen molar-refractivity contribution in [2.75, 3.05) is 13.2 Å². The lowest BCUT2D eigenvalue weighted by atomic mass is 9.78. The average Bonchev–Trinajstić information content (AvgIpc) is 2.31. The van der Waals surface area contributed by atoms with Gasteiger partial charge in [-0.3, -0.25) is 4.79 Å². The molecule has 4 nitrogen and oxygen atoms in total. The number of rotatable bonds is 4. The van der Waals surface area contributed by atoms with Crippen LogP contribution in [0.4, 0.5) is 13.2 Å². The van der Waals surface area contributed by atoms with E-state index in [0.29, 0.717) is 18.8 Å². The lowest BCUT2D eigenvalue weighted by Gasteiger charge is -2.34. The van der Waals surface area contributed by atoms with Crippen molar-refractivity contribution in [2.24, 2.45) is 5.92 Å². The highest BCUT2D eigenvalue weighted by Crippen LogP contribution is 2.31. The van der Waals surface area contributed by atoms with Crippen LogP contribution < -0.4 is 5.32 Å². The van der Waals surface area contributed by atoms with Gasteiger partial charge in [-0.1, -0.05) is 6.92 Å². The van der Waals surface area contributed by atoms with E-state index in [0.717, 1.165) is 12.8 Å². The molecule has 0 bridgehead atoms. The molecule has 1 amide bonds. The van der Waals surface area contributed by atoms with Gasteiger partial charge in [-0.05, 0) is 31.6 Å². The van der Waals surface area contributed by atoms with Crippen molar-refractivity contribution in [3.63, 3.8) is 0 Å². The summed E-state index contributed by atoms with van der Waals surface area (Å²) in [5.41, 5.74) is -0.953. The molecule has 1 N–H and O–H groups in total. The van der Waals surface area contributed by atoms with Gasteiger partial charge in [0.1, 0.15) is 18.8 Å². The van der Waals surface area contributed by atoms with Crippen LogP contribution >= 0.6 is 0 Å². The summed E-state index contributed by atoms with van der Waals surface area (Å²) in [5, 5.41) is 11.6. The Hall–Kier alpha value is -1.29. The Morgan fingerprint density at radius 2 is 2.05 bits per heavy atom. The summed E-state index contributed by atoms with van der Waals surface area (Å²) in [6.45, 7) is -0.0783. The number of carbonyl (C=O) groups excluding carboxylic acids is 1. The van der Waals surface area contributed by atoms with E-state index in [2.05, 4.69) is 23.0 Å². The van der Waals surface area contributed by atoms with Crippen LogP contribution in [0.1, 0.15) is 32.6 Å². The molecule has 0 aliphatic heterocycles. The highest BCUT2D eigenvalue weighted by Gasteiger charge is 2.36. The Bertz CT molecular complexity index is 355. The van der Waals surface area contributed by atoms with Crippen molar-refractivity contribution >= 4 is 5.91 Å². The summed E-state index contributed by atoms with van der Waals surface area (Å²) < 4.78 is 39.8. The number of alkyl halides is 3. The van der Waals surface area contributed by atoms with Crippen LogP contribution in [-0.2, 0) is 9.53 Å². The lowest BCUT2D eigenvalue weighted by molar-refractivity contribution is -0.176. The van der Waals surface area contributed by atoms with Crippen molar-refractivity contribution in [1.29, 1.82) is 5.26 Å². The Balaban J connectivity index is 2.40. The molecule has 0 aromatic carbocycles. The molecule has 108 valence electrons. The van der Waals surface area contributed by atoms with Crippen molar-refractivity contribution in [3.05, 3.63) is 0 Å². The molecule has 1 aliphatic rings. The van der Waals surface area contributed by atoms with Crippen LogP contribution in [-0.4, -0.2) is 30.8 Å². The van der Waals surface area contributed by atoms with Crippen LogP contribution in [0.3, 0.4) is 0 Å². The molecule has 0 saturated heterocycles. The van der Waals surface area contributed by atoms with Gasteiger partial charge in [0.05, 0.1) is 6.07 Å². The fourth-order valence-electron chi connectivity index (χ4n) is 2.08. The van der Waals surface area contributed by atoms with Crippen LogP contribution in [0.2, 0.25) is 0 Å². The van der Waals surface area contributed by atoms with Crippen LogP contribution in [0.25, 0.3) is 0 Å². The first-order valence-electron chi connectivity index (χ1n) is 6.13. The zero-order chi connectivity index (χ0) is 14.5. The lowest BCUT2D eigenvalue weighted by Crippen LogP contribution is -2.50. The number of nitrogens with one attached hydrogen (secondary N) is 1. The van der Waals surface area contributed by atoms with Gasteiger partial charge in [-0.25, -0.2) is 0 Å². The minimum absolute atomic E-state index is 0.500. The fourth-order valence-corrected chi connectivity index (χ4v) is 2.08. The molecule has 0 atom stereocenters. The molecule has 7 heteroatoms. The summed E-state index contributed by atoms with van der Waals surface area (Å²) in [7, 11) is 0. The predicted molar refractivity (Wildman–Crippen MR) is 61.0 cm³/mol. The summed E-state index contributed by atoms with van der Waals surface area (Å²) >= 11 is 0. The van der Waals surface area contributed by atoms with Gasteiger partial charge in [0, 0.05) is 0 Å². The highest BCUT2D eigenvalue weighted by molar-refractivity contribution is 5.78. The maximum atomic E-state index is 11.8. The zero-order valence-corrected chi connectivity index (χ0v) is 10.7. The molecule has 0 radical (unpaired) electrons. The molecule has 0 unspecified atom stereocenters. The van der Waals surface area contributed by atoms with Crippen molar-refractivity contribution in [1.82, 2.24) is 5.32 Å². The summed E-state index contributed by atoms with van der Waals surface area (Å²) in [5.74, 6) is -0.180. The first-order chi connectivity index (χ1) is 8.76. The zero-order valence-electron chi connectivity index (χ0n) is 10.7. The number of nitriles is 1. The van der Waals surface area contributed by atoms with Crippen molar-refractivity contribution in [3.8, 4) is 6.07 Å². The number of ether oxygens (including phenoxy) is 1. The molecule has 1 aliphatic carbocycles. The topological polar surface area (TPSA) is 62.1 Å². The van der Waals surface area contributed by atoms with E-state index in [9.17, 15) is 18.0 Å². The predicted octanol–water partition coefficient (Wildman–Crippen LogP) is 2.15. The van der Waals surface area contributed by atoms with E-state index in [1.165, 1.54) is 0 Å². The van der Waals surface area contributed by atoms with Crippen LogP contribution in [0, 0.1) is 17.2 Å². The number of amides is 1. The second-order valence-electron chi connectivity index (χ2n) is 5.03. The molecular weight excluding hydrogens is 261 g/mol. The molecular formula is C12H17F3N2O2. The SMILES string of the molecule is CC1CCC(C#N)(NC(=O)COCC(F)(F)F)CC1. The molecule has 0 heterocycles. The maximum absolute atomic E-state index is 11.8. The third kappa shape index (κ3) is 5.47. The van der Waals surface area contributed by atoms with Crippen molar-refractivity contribution < 1.29 is 22.7 Å². The average molecular weight is 278 g/mol. The summed E-state index contributed by atoms with van der Waals surface area (Å²) in [6, 6.07) is 2.07. The minimum atomic E-state index is -4.45. The maximum Gasteiger partial charge on any atom is 0.411 e. The summed E-state index contributed by atoms with van der Waals surface area (Å²) in [4.78, 5) is 11.5. The van der Waals surface area contributed by atoms with Gasteiger partial charge < -0.3 is 10.1 Å². The van der Waals surface area contributed by atoms with Gasteiger partial charge in [0.25, 0.3) is 0 Å². The Morgan fingerprint density at radius 1 is 1.47 bits per heavy atom. The fraction of sp³-hybridized carbons (Fsp3) is 0.833. The highest BCUT2D eigenvalue weighted by atomic mass is 19.4. The van der Waals surface area contributed by atoms with E-state index in [4.69, 9.17) is 5.26 Å². The van der Waals surface area contributed by atoms with E-state index < -0.39 is 30.8 Å². The second-order valence-corrected chi connectivity index (χ2v) is 5.03. The smallest absolute Gasteiger partial charge is 0.362 e. The van der Waals surface area contributed by atoms with Gasteiger partial charge >= 0.3 is 6.18 Å². The molecule has 19 heavy (non-hydrogen) atoms. The van der Waals surface area contributed by atoms with E-state index in [-0.39, 0.29) is 0 Å². The molecule has 0 aromatic rings. The molecule has 0 spiro atoms. The number of hydrogen-bond acceptors (Lipinski definition) is 3. The largest absolute Gasteiger partial charge is 0.411 e. The normalized spacial score (nSPS) is 27.6. The number of nitrogens with zero attached hydrogens (tertiary/aromatic N) is 1. The third-order valence-electron chi connectivity index (χ3n) is 3.22. The quantitative estimate of drug-likeness (QED) is 0.857. The van der Waals surface area contributed by atoms with Crippen molar-refractivity contribution in [2.45, 2.75) is 44.3 Å². The van der Waals surface area contributed by atoms with Gasteiger partial charge in [0.2, 0.25) is 5.91 Å². The van der Waals surface area contributed by atoms with Gasteiger partial charge in [-0.2, -0.15) is 18.4 Å². The first-order valence-corrected chi connectivity index (χ1v) is 6.13. The van der Waals surface area contributed by atoms with E-state index in [1.54, 1.807) is 0 Å².